The first-order valence-electron chi connectivity index (χ1n) is 10.8. The summed E-state index contributed by atoms with van der Waals surface area (Å²) in [6.07, 6.45) is 3.92. The van der Waals surface area contributed by atoms with E-state index in [9.17, 15) is 18.7 Å². The number of H-pyrrole nitrogens is 1. The van der Waals surface area contributed by atoms with Crippen LogP contribution in [0, 0.1) is 18.6 Å². The number of nitrogens with zero attached hydrogens (tertiary/aromatic N) is 3. The Morgan fingerprint density at radius 2 is 2.00 bits per heavy atom. The van der Waals surface area contributed by atoms with Crippen molar-refractivity contribution >= 4 is 22.7 Å². The standard InChI is InChI=1S/C25H23F2N5O2/c1-13-4-3-5-19-21(13)31-23(30-19)17-11-29-10-16(22(17)32-7-6-25(2,28)12-32)14-8-15(24(33)34)20(27)18(26)9-14/h3-5,8-11H,6-7,12,28H2,1-2H3,(H,30,31)(H,33,34). The third-order valence-corrected chi connectivity index (χ3v) is 6.28. The summed E-state index contributed by atoms with van der Waals surface area (Å²) in [5.41, 5.74) is 9.92. The molecule has 5 rings (SSSR count). The molecule has 4 N–H and O–H groups in total. The number of carboxylic acids is 1. The maximum absolute atomic E-state index is 14.4. The van der Waals surface area contributed by atoms with Crippen molar-refractivity contribution in [3.63, 3.8) is 0 Å². The molecule has 1 saturated heterocycles. The number of rotatable bonds is 4. The Bertz CT molecular complexity index is 1450. The largest absolute Gasteiger partial charge is 0.478 e. The molecule has 1 unspecified atom stereocenters. The quantitative estimate of drug-likeness (QED) is 0.411. The fourth-order valence-electron chi connectivity index (χ4n) is 4.56. The van der Waals surface area contributed by atoms with Crippen LogP contribution >= 0.6 is 0 Å². The molecule has 34 heavy (non-hydrogen) atoms. The fraction of sp³-hybridized carbons (Fsp3) is 0.240. The Balaban J connectivity index is 1.77. The number of fused-ring (bicyclic) bond motifs is 1. The van der Waals surface area contributed by atoms with Crippen molar-refractivity contribution < 1.29 is 18.7 Å². The molecule has 0 saturated carbocycles. The van der Waals surface area contributed by atoms with E-state index >= 15 is 0 Å². The molecule has 0 bridgehead atoms. The lowest BCUT2D eigenvalue weighted by Gasteiger charge is -2.26. The number of carbonyl (C=O) groups is 1. The molecule has 2 aromatic carbocycles. The number of benzene rings is 2. The van der Waals surface area contributed by atoms with E-state index in [1.54, 1.807) is 6.20 Å². The molecule has 4 aromatic rings. The number of anilines is 1. The molecular weight excluding hydrogens is 440 g/mol. The maximum atomic E-state index is 14.4. The molecule has 1 fully saturated rings. The van der Waals surface area contributed by atoms with E-state index in [4.69, 9.17) is 10.7 Å². The van der Waals surface area contributed by atoms with Gasteiger partial charge in [-0.2, -0.15) is 0 Å². The van der Waals surface area contributed by atoms with Crippen LogP contribution in [0.5, 0.6) is 0 Å². The second kappa shape index (κ2) is 7.88. The highest BCUT2D eigenvalue weighted by molar-refractivity contribution is 5.94. The molecule has 0 radical (unpaired) electrons. The molecule has 0 spiro atoms. The van der Waals surface area contributed by atoms with Gasteiger partial charge in [-0.15, -0.1) is 0 Å². The lowest BCUT2D eigenvalue weighted by molar-refractivity contribution is 0.0690. The summed E-state index contributed by atoms with van der Waals surface area (Å²) in [4.78, 5) is 26.1. The van der Waals surface area contributed by atoms with Crippen LogP contribution in [-0.4, -0.2) is 44.7 Å². The van der Waals surface area contributed by atoms with Crippen LogP contribution in [0.25, 0.3) is 33.5 Å². The Morgan fingerprint density at radius 1 is 1.24 bits per heavy atom. The maximum Gasteiger partial charge on any atom is 0.338 e. The van der Waals surface area contributed by atoms with Crippen LogP contribution < -0.4 is 10.6 Å². The lowest BCUT2D eigenvalue weighted by Crippen LogP contribution is -2.39. The summed E-state index contributed by atoms with van der Waals surface area (Å²) in [6, 6.07) is 7.96. The summed E-state index contributed by atoms with van der Waals surface area (Å²) >= 11 is 0. The highest BCUT2D eigenvalue weighted by Gasteiger charge is 2.33. The first-order valence-corrected chi connectivity index (χ1v) is 10.8. The summed E-state index contributed by atoms with van der Waals surface area (Å²) in [7, 11) is 0. The SMILES string of the molecule is Cc1cccc2[nH]c(-c3cncc(-c4cc(F)c(F)c(C(=O)O)c4)c3N3CCC(C)(N)C3)nc12. The van der Waals surface area contributed by atoms with Crippen molar-refractivity contribution in [2.45, 2.75) is 25.8 Å². The van der Waals surface area contributed by atoms with E-state index in [2.05, 4.69) is 14.9 Å². The number of nitrogens with one attached hydrogen (secondary N) is 1. The average molecular weight is 463 g/mol. The zero-order valence-corrected chi connectivity index (χ0v) is 18.7. The van der Waals surface area contributed by atoms with Gasteiger partial charge in [-0.05, 0) is 49.6 Å². The van der Waals surface area contributed by atoms with Crippen molar-refractivity contribution in [3.05, 3.63) is 65.5 Å². The number of aromatic amines is 1. The molecule has 174 valence electrons. The molecule has 1 aliphatic heterocycles. The first kappa shape index (κ1) is 22.0. The fourth-order valence-corrected chi connectivity index (χ4v) is 4.56. The third kappa shape index (κ3) is 3.67. The number of imidazole rings is 1. The Hall–Kier alpha value is -3.85. The van der Waals surface area contributed by atoms with E-state index in [-0.39, 0.29) is 5.56 Å². The number of nitrogens with two attached hydrogens (primary N) is 1. The van der Waals surface area contributed by atoms with Crippen LogP contribution in [0.15, 0.2) is 42.7 Å². The summed E-state index contributed by atoms with van der Waals surface area (Å²) in [6.45, 7) is 5.08. The highest BCUT2D eigenvalue weighted by atomic mass is 19.2. The number of aryl methyl sites for hydroxylation is 1. The van der Waals surface area contributed by atoms with Gasteiger partial charge in [-0.1, -0.05) is 12.1 Å². The van der Waals surface area contributed by atoms with E-state index in [0.717, 1.165) is 35.2 Å². The minimum atomic E-state index is -1.55. The number of hydrogen-bond donors (Lipinski definition) is 3. The number of halogens is 2. The number of aromatic carboxylic acids is 1. The van der Waals surface area contributed by atoms with Gasteiger partial charge in [-0.3, -0.25) is 4.98 Å². The van der Waals surface area contributed by atoms with Gasteiger partial charge < -0.3 is 20.7 Å². The monoisotopic (exact) mass is 463 g/mol. The van der Waals surface area contributed by atoms with Gasteiger partial charge in [0.2, 0.25) is 0 Å². The molecule has 2 aromatic heterocycles. The van der Waals surface area contributed by atoms with E-state index in [1.165, 1.54) is 6.20 Å². The van der Waals surface area contributed by atoms with Crippen molar-refractivity contribution in [2.24, 2.45) is 5.73 Å². The Morgan fingerprint density at radius 3 is 2.68 bits per heavy atom. The number of hydrogen-bond acceptors (Lipinski definition) is 5. The smallest absolute Gasteiger partial charge is 0.338 e. The van der Waals surface area contributed by atoms with Crippen LogP contribution in [0.2, 0.25) is 0 Å². The molecule has 0 amide bonds. The summed E-state index contributed by atoms with van der Waals surface area (Å²) < 4.78 is 28.6. The second-order valence-corrected chi connectivity index (χ2v) is 9.09. The predicted molar refractivity (Wildman–Crippen MR) is 126 cm³/mol. The number of para-hydroxylation sites is 1. The van der Waals surface area contributed by atoms with Crippen molar-refractivity contribution in [1.82, 2.24) is 15.0 Å². The van der Waals surface area contributed by atoms with E-state index in [0.29, 0.717) is 35.7 Å². The van der Waals surface area contributed by atoms with E-state index < -0.39 is 28.7 Å². The zero-order chi connectivity index (χ0) is 24.2. The van der Waals surface area contributed by atoms with Gasteiger partial charge in [0.05, 0.1) is 27.8 Å². The highest BCUT2D eigenvalue weighted by Crippen LogP contribution is 2.41. The minimum absolute atomic E-state index is 0.207. The topological polar surface area (TPSA) is 108 Å². The molecule has 0 aliphatic carbocycles. The molecular formula is C25H23F2N5O2. The van der Waals surface area contributed by atoms with Gasteiger partial charge in [0.1, 0.15) is 5.82 Å². The Kier molecular flexibility index (Phi) is 5.09. The third-order valence-electron chi connectivity index (χ3n) is 6.28. The number of carboxylic acid groups (broad SMARTS) is 1. The summed E-state index contributed by atoms with van der Waals surface area (Å²) in [5.74, 6) is -3.62. The van der Waals surface area contributed by atoms with Gasteiger partial charge in [-0.25, -0.2) is 18.6 Å². The van der Waals surface area contributed by atoms with Gasteiger partial charge in [0.15, 0.2) is 11.6 Å². The summed E-state index contributed by atoms with van der Waals surface area (Å²) in [5, 5.41) is 9.39. The first-order chi connectivity index (χ1) is 16.1. The average Bonchev–Trinajstić information content (AvgIpc) is 3.38. The van der Waals surface area contributed by atoms with Crippen LogP contribution in [0.1, 0.15) is 29.3 Å². The molecule has 3 heterocycles. The second-order valence-electron chi connectivity index (χ2n) is 9.09. The van der Waals surface area contributed by atoms with Crippen LogP contribution in [0.3, 0.4) is 0 Å². The molecule has 1 atom stereocenters. The molecule has 1 aliphatic rings. The Labute approximate surface area is 194 Å². The minimum Gasteiger partial charge on any atom is -0.478 e. The van der Waals surface area contributed by atoms with E-state index in [1.807, 2.05) is 32.0 Å². The van der Waals surface area contributed by atoms with Gasteiger partial charge >= 0.3 is 5.97 Å². The number of aromatic nitrogens is 3. The number of pyridine rings is 1. The molecule has 7 nitrogen and oxygen atoms in total. The van der Waals surface area contributed by atoms with Gasteiger partial charge in [0, 0.05) is 36.6 Å². The van der Waals surface area contributed by atoms with Crippen molar-refractivity contribution in [1.29, 1.82) is 0 Å². The predicted octanol–water partition coefficient (Wildman–Crippen LogP) is 4.50. The van der Waals surface area contributed by atoms with Crippen molar-refractivity contribution in [3.8, 4) is 22.5 Å². The van der Waals surface area contributed by atoms with Gasteiger partial charge in [0.25, 0.3) is 0 Å². The zero-order valence-electron chi connectivity index (χ0n) is 18.7. The van der Waals surface area contributed by atoms with Crippen LogP contribution in [0.4, 0.5) is 14.5 Å². The normalized spacial score (nSPS) is 18.1. The lowest BCUT2D eigenvalue weighted by atomic mass is 9.99. The van der Waals surface area contributed by atoms with Crippen LogP contribution in [-0.2, 0) is 0 Å². The van der Waals surface area contributed by atoms with Crippen molar-refractivity contribution in [2.75, 3.05) is 18.0 Å². The molecule has 9 heteroatoms.